The Morgan fingerprint density at radius 3 is 2.86 bits per heavy atom. The van der Waals surface area contributed by atoms with Crippen molar-refractivity contribution < 1.29 is 14.6 Å². The van der Waals surface area contributed by atoms with Gasteiger partial charge < -0.3 is 14.7 Å². The summed E-state index contributed by atoms with van der Waals surface area (Å²) in [4.78, 5) is 14.2. The molecule has 2 N–H and O–H groups in total. The Balaban J connectivity index is 1.74. The minimum Gasteiger partial charge on any atom is -0.497 e. The van der Waals surface area contributed by atoms with Crippen molar-refractivity contribution in [3.8, 4) is 17.0 Å². The number of carbonyl (C=O) groups excluding carboxylic acids is 1. The minimum atomic E-state index is -0.0665. The van der Waals surface area contributed by atoms with Gasteiger partial charge in [0.2, 0.25) is 0 Å². The van der Waals surface area contributed by atoms with E-state index in [1.54, 1.807) is 18.1 Å². The number of nitrogens with zero attached hydrogens (tertiary/aromatic N) is 2. The van der Waals surface area contributed by atoms with Gasteiger partial charge in [0.05, 0.1) is 12.8 Å². The number of aliphatic hydroxyl groups is 1. The van der Waals surface area contributed by atoms with Crippen molar-refractivity contribution in [1.82, 2.24) is 15.1 Å². The first-order chi connectivity index (χ1) is 10.7. The summed E-state index contributed by atoms with van der Waals surface area (Å²) >= 11 is 0. The van der Waals surface area contributed by atoms with Gasteiger partial charge in [0.25, 0.3) is 5.91 Å². The average Bonchev–Trinajstić information content (AvgIpc) is 3.23. The molecule has 1 saturated heterocycles. The second kappa shape index (κ2) is 6.19. The molecule has 0 spiro atoms. The van der Waals surface area contributed by atoms with Crippen molar-refractivity contribution >= 4 is 5.91 Å². The van der Waals surface area contributed by atoms with Crippen LogP contribution in [0, 0.1) is 5.92 Å². The van der Waals surface area contributed by atoms with Crippen LogP contribution in [0.2, 0.25) is 0 Å². The molecular weight excluding hydrogens is 282 g/mol. The smallest absolute Gasteiger partial charge is 0.271 e. The van der Waals surface area contributed by atoms with E-state index in [0.717, 1.165) is 23.4 Å². The zero-order chi connectivity index (χ0) is 15.5. The van der Waals surface area contributed by atoms with Crippen LogP contribution in [0.3, 0.4) is 0 Å². The predicted molar refractivity (Wildman–Crippen MR) is 81.7 cm³/mol. The van der Waals surface area contributed by atoms with E-state index in [-0.39, 0.29) is 18.4 Å². The number of aliphatic hydroxyl groups excluding tert-OH is 1. The highest BCUT2D eigenvalue weighted by atomic mass is 16.5. The molecule has 0 radical (unpaired) electrons. The number of carbonyl (C=O) groups is 1. The number of methoxy groups -OCH3 is 1. The highest BCUT2D eigenvalue weighted by Crippen LogP contribution is 2.23. The number of ether oxygens (including phenoxy) is 1. The number of H-pyrrole nitrogens is 1. The first-order valence-electron chi connectivity index (χ1n) is 7.31. The first-order valence-corrected chi connectivity index (χ1v) is 7.31. The summed E-state index contributed by atoms with van der Waals surface area (Å²) in [6.45, 7) is 1.41. The normalized spacial score (nSPS) is 17.7. The van der Waals surface area contributed by atoms with E-state index < -0.39 is 0 Å². The SMILES string of the molecule is COc1ccc(-c2cc(C(=O)N3CCC(CO)C3)[nH]n2)cc1. The average molecular weight is 301 g/mol. The van der Waals surface area contributed by atoms with Crippen molar-refractivity contribution in [2.75, 3.05) is 26.8 Å². The molecule has 6 nitrogen and oxygen atoms in total. The van der Waals surface area contributed by atoms with Gasteiger partial charge in [0.15, 0.2) is 0 Å². The highest BCUT2D eigenvalue weighted by Gasteiger charge is 2.27. The Kier molecular flexibility index (Phi) is 4.11. The van der Waals surface area contributed by atoms with Crippen molar-refractivity contribution in [2.45, 2.75) is 6.42 Å². The third-order valence-corrected chi connectivity index (χ3v) is 4.03. The minimum absolute atomic E-state index is 0.0665. The van der Waals surface area contributed by atoms with E-state index in [1.165, 1.54) is 0 Å². The lowest BCUT2D eigenvalue weighted by Gasteiger charge is -2.14. The van der Waals surface area contributed by atoms with Crippen LogP contribution < -0.4 is 4.74 Å². The van der Waals surface area contributed by atoms with Gasteiger partial charge >= 0.3 is 0 Å². The molecule has 6 heteroatoms. The molecule has 1 aromatic heterocycles. The maximum atomic E-state index is 12.4. The van der Waals surface area contributed by atoms with Gasteiger partial charge in [-0.1, -0.05) is 0 Å². The Morgan fingerprint density at radius 1 is 1.45 bits per heavy atom. The Bertz CT molecular complexity index is 651. The van der Waals surface area contributed by atoms with E-state index in [1.807, 2.05) is 24.3 Å². The van der Waals surface area contributed by atoms with Crippen LogP contribution in [0.5, 0.6) is 5.75 Å². The van der Waals surface area contributed by atoms with Crippen molar-refractivity contribution in [3.05, 3.63) is 36.0 Å². The summed E-state index contributed by atoms with van der Waals surface area (Å²) in [7, 11) is 1.62. The lowest BCUT2D eigenvalue weighted by molar-refractivity contribution is 0.0776. The van der Waals surface area contributed by atoms with E-state index >= 15 is 0 Å². The third-order valence-electron chi connectivity index (χ3n) is 4.03. The van der Waals surface area contributed by atoms with Gasteiger partial charge in [0.1, 0.15) is 11.4 Å². The van der Waals surface area contributed by atoms with Gasteiger partial charge in [-0.25, -0.2) is 0 Å². The fourth-order valence-electron chi connectivity index (χ4n) is 2.68. The molecule has 1 aliphatic rings. The molecule has 116 valence electrons. The lowest BCUT2D eigenvalue weighted by atomic mass is 10.1. The number of nitrogens with one attached hydrogen (secondary N) is 1. The predicted octanol–water partition coefficient (Wildman–Crippen LogP) is 1.54. The van der Waals surface area contributed by atoms with E-state index in [9.17, 15) is 4.79 Å². The summed E-state index contributed by atoms with van der Waals surface area (Å²) in [5.74, 6) is 0.902. The number of likely N-dealkylation sites (tertiary alicyclic amines) is 1. The number of aromatic nitrogens is 2. The van der Waals surface area contributed by atoms with Crippen LogP contribution >= 0.6 is 0 Å². The molecule has 1 aromatic carbocycles. The Hall–Kier alpha value is -2.34. The van der Waals surface area contributed by atoms with Crippen LogP contribution in [0.4, 0.5) is 0 Å². The zero-order valence-electron chi connectivity index (χ0n) is 12.5. The highest BCUT2D eigenvalue weighted by molar-refractivity contribution is 5.93. The zero-order valence-corrected chi connectivity index (χ0v) is 12.5. The van der Waals surface area contributed by atoms with E-state index in [0.29, 0.717) is 18.8 Å². The number of benzene rings is 1. The van der Waals surface area contributed by atoms with Gasteiger partial charge in [-0.05, 0) is 36.8 Å². The number of hydrogen-bond acceptors (Lipinski definition) is 4. The summed E-state index contributed by atoms with van der Waals surface area (Å²) in [5, 5.41) is 16.2. The maximum Gasteiger partial charge on any atom is 0.271 e. The Labute approximate surface area is 128 Å². The third kappa shape index (κ3) is 2.82. The van der Waals surface area contributed by atoms with Crippen LogP contribution in [-0.2, 0) is 0 Å². The first kappa shape index (κ1) is 14.6. The number of aromatic amines is 1. The number of rotatable bonds is 4. The van der Waals surface area contributed by atoms with Gasteiger partial charge in [-0.15, -0.1) is 0 Å². The second-order valence-corrected chi connectivity index (χ2v) is 5.48. The maximum absolute atomic E-state index is 12.4. The fraction of sp³-hybridized carbons (Fsp3) is 0.375. The molecule has 0 aliphatic carbocycles. The van der Waals surface area contributed by atoms with E-state index in [4.69, 9.17) is 9.84 Å². The van der Waals surface area contributed by atoms with Gasteiger partial charge in [-0.2, -0.15) is 5.10 Å². The van der Waals surface area contributed by atoms with Gasteiger partial charge in [0, 0.05) is 31.2 Å². The molecular formula is C16H19N3O3. The number of amides is 1. The molecule has 1 fully saturated rings. The second-order valence-electron chi connectivity index (χ2n) is 5.48. The van der Waals surface area contributed by atoms with Crippen molar-refractivity contribution in [3.63, 3.8) is 0 Å². The van der Waals surface area contributed by atoms with Crippen LogP contribution in [0.15, 0.2) is 30.3 Å². The number of hydrogen-bond donors (Lipinski definition) is 2. The van der Waals surface area contributed by atoms with Crippen LogP contribution in [-0.4, -0.2) is 52.9 Å². The van der Waals surface area contributed by atoms with Crippen molar-refractivity contribution in [1.29, 1.82) is 0 Å². The molecule has 0 saturated carbocycles. The quantitative estimate of drug-likeness (QED) is 0.898. The largest absolute Gasteiger partial charge is 0.497 e. The van der Waals surface area contributed by atoms with Crippen LogP contribution in [0.1, 0.15) is 16.9 Å². The molecule has 3 rings (SSSR count). The molecule has 22 heavy (non-hydrogen) atoms. The molecule has 1 amide bonds. The van der Waals surface area contributed by atoms with Gasteiger partial charge in [-0.3, -0.25) is 9.89 Å². The van der Waals surface area contributed by atoms with Crippen LogP contribution in [0.25, 0.3) is 11.3 Å². The summed E-state index contributed by atoms with van der Waals surface area (Å²) < 4.78 is 5.13. The standard InChI is InChI=1S/C16H19N3O3/c1-22-13-4-2-12(3-5-13)14-8-15(18-17-14)16(21)19-7-6-11(9-19)10-20/h2-5,8,11,20H,6-7,9-10H2,1H3,(H,17,18). The van der Waals surface area contributed by atoms with Crippen molar-refractivity contribution in [2.24, 2.45) is 5.92 Å². The monoisotopic (exact) mass is 301 g/mol. The topological polar surface area (TPSA) is 78.5 Å². The molecule has 1 aliphatic heterocycles. The lowest BCUT2D eigenvalue weighted by Crippen LogP contribution is -2.29. The molecule has 2 heterocycles. The summed E-state index contributed by atoms with van der Waals surface area (Å²) in [5.41, 5.74) is 2.12. The fourth-order valence-corrected chi connectivity index (χ4v) is 2.68. The molecule has 2 aromatic rings. The van der Waals surface area contributed by atoms with E-state index in [2.05, 4.69) is 10.2 Å². The Morgan fingerprint density at radius 2 is 2.23 bits per heavy atom. The molecule has 1 atom stereocenters. The summed E-state index contributed by atoms with van der Waals surface area (Å²) in [6.07, 6.45) is 0.849. The molecule has 0 bridgehead atoms. The summed E-state index contributed by atoms with van der Waals surface area (Å²) in [6, 6.07) is 9.29. The molecule has 1 unspecified atom stereocenters.